The molecular formula is C12H14N2O. The molecule has 0 spiro atoms. The molecule has 0 aromatic heterocycles. The van der Waals surface area contributed by atoms with Crippen LogP contribution in [0.3, 0.4) is 0 Å². The van der Waals surface area contributed by atoms with Gasteiger partial charge in [-0.15, -0.1) is 0 Å². The number of benzene rings is 1. The van der Waals surface area contributed by atoms with E-state index >= 15 is 0 Å². The second-order valence-corrected chi connectivity index (χ2v) is 3.90. The average Bonchev–Trinajstić information content (AvgIpc) is 2.29. The van der Waals surface area contributed by atoms with Crippen molar-refractivity contribution in [1.82, 2.24) is 0 Å². The van der Waals surface area contributed by atoms with Gasteiger partial charge in [0.15, 0.2) is 0 Å². The number of piperidine rings is 1. The zero-order chi connectivity index (χ0) is 10.7. The van der Waals surface area contributed by atoms with Gasteiger partial charge in [-0.25, -0.2) is 0 Å². The van der Waals surface area contributed by atoms with Crippen LogP contribution in [0.1, 0.15) is 18.4 Å². The maximum Gasteiger partial charge on any atom is 0.0992 e. The molecule has 1 aliphatic rings. The van der Waals surface area contributed by atoms with Crippen molar-refractivity contribution in [2.45, 2.75) is 18.9 Å². The van der Waals surface area contributed by atoms with Crippen LogP contribution in [0, 0.1) is 11.3 Å². The molecule has 0 saturated carbocycles. The Morgan fingerprint density at radius 1 is 1.47 bits per heavy atom. The lowest BCUT2D eigenvalue weighted by Gasteiger charge is -2.32. The Labute approximate surface area is 89.6 Å². The van der Waals surface area contributed by atoms with E-state index in [2.05, 4.69) is 11.0 Å². The molecule has 2 rings (SSSR count). The smallest absolute Gasteiger partial charge is 0.0992 e. The fourth-order valence-electron chi connectivity index (χ4n) is 1.96. The van der Waals surface area contributed by atoms with Crippen molar-refractivity contribution in [2.24, 2.45) is 0 Å². The summed E-state index contributed by atoms with van der Waals surface area (Å²) in [5, 5.41) is 18.4. The van der Waals surface area contributed by atoms with Crippen molar-refractivity contribution in [3.8, 4) is 6.07 Å². The van der Waals surface area contributed by atoms with Crippen molar-refractivity contribution >= 4 is 5.69 Å². The van der Waals surface area contributed by atoms with Gasteiger partial charge in [-0.05, 0) is 31.0 Å². The molecule has 0 amide bonds. The number of hydrogen-bond donors (Lipinski definition) is 1. The highest BCUT2D eigenvalue weighted by Gasteiger charge is 2.17. The van der Waals surface area contributed by atoms with E-state index in [1.54, 1.807) is 6.07 Å². The number of aliphatic hydroxyl groups excluding tert-OH is 1. The molecule has 3 heteroatoms. The Bertz CT molecular complexity index is 383. The summed E-state index contributed by atoms with van der Waals surface area (Å²) in [6, 6.07) is 9.67. The molecule has 3 nitrogen and oxygen atoms in total. The predicted octanol–water partition coefficient (Wildman–Crippen LogP) is 1.52. The first-order valence-electron chi connectivity index (χ1n) is 5.23. The molecular weight excluding hydrogens is 188 g/mol. The van der Waals surface area contributed by atoms with Gasteiger partial charge in [0.25, 0.3) is 0 Å². The Morgan fingerprint density at radius 2 is 2.33 bits per heavy atom. The van der Waals surface area contributed by atoms with E-state index in [0.29, 0.717) is 12.1 Å². The van der Waals surface area contributed by atoms with E-state index in [9.17, 15) is 5.11 Å². The van der Waals surface area contributed by atoms with Crippen LogP contribution in [0.25, 0.3) is 0 Å². The van der Waals surface area contributed by atoms with Gasteiger partial charge in [-0.3, -0.25) is 0 Å². The molecule has 1 aromatic carbocycles. The number of anilines is 1. The molecule has 15 heavy (non-hydrogen) atoms. The first-order chi connectivity index (χ1) is 7.29. The van der Waals surface area contributed by atoms with Crippen molar-refractivity contribution in [3.63, 3.8) is 0 Å². The molecule has 0 radical (unpaired) electrons. The minimum atomic E-state index is -0.232. The minimum absolute atomic E-state index is 0.232. The Hall–Kier alpha value is -1.53. The number of nitriles is 1. The van der Waals surface area contributed by atoms with Gasteiger partial charge in [0.1, 0.15) is 0 Å². The SMILES string of the molecule is N#Cc1cccc(N2CCCC(O)C2)c1. The summed E-state index contributed by atoms with van der Waals surface area (Å²) in [6.07, 6.45) is 1.66. The van der Waals surface area contributed by atoms with Gasteiger partial charge >= 0.3 is 0 Å². The molecule has 1 aromatic rings. The molecule has 1 atom stereocenters. The quantitative estimate of drug-likeness (QED) is 0.751. The lowest BCUT2D eigenvalue weighted by Crippen LogP contribution is -2.38. The molecule has 1 saturated heterocycles. The van der Waals surface area contributed by atoms with Crippen LogP contribution in [0.15, 0.2) is 24.3 Å². The van der Waals surface area contributed by atoms with Crippen LogP contribution in [0.2, 0.25) is 0 Å². The first-order valence-corrected chi connectivity index (χ1v) is 5.23. The first kappa shape index (κ1) is 10.0. The highest BCUT2D eigenvalue weighted by molar-refractivity contribution is 5.51. The summed E-state index contributed by atoms with van der Waals surface area (Å²) in [6.45, 7) is 1.64. The third-order valence-electron chi connectivity index (χ3n) is 2.74. The highest BCUT2D eigenvalue weighted by Crippen LogP contribution is 2.20. The molecule has 1 heterocycles. The van der Waals surface area contributed by atoms with E-state index in [4.69, 9.17) is 5.26 Å². The monoisotopic (exact) mass is 202 g/mol. The number of aliphatic hydroxyl groups is 1. The van der Waals surface area contributed by atoms with Gasteiger partial charge in [0.2, 0.25) is 0 Å². The van der Waals surface area contributed by atoms with E-state index in [-0.39, 0.29) is 6.10 Å². The summed E-state index contributed by atoms with van der Waals surface area (Å²) in [5.74, 6) is 0. The lowest BCUT2D eigenvalue weighted by atomic mass is 10.1. The van der Waals surface area contributed by atoms with Crippen molar-refractivity contribution in [2.75, 3.05) is 18.0 Å². The predicted molar refractivity (Wildman–Crippen MR) is 58.6 cm³/mol. The van der Waals surface area contributed by atoms with Crippen molar-refractivity contribution in [1.29, 1.82) is 5.26 Å². The zero-order valence-corrected chi connectivity index (χ0v) is 8.56. The van der Waals surface area contributed by atoms with E-state index in [1.807, 2.05) is 18.2 Å². The third kappa shape index (κ3) is 2.28. The standard InChI is InChI=1S/C12H14N2O/c13-8-10-3-1-4-11(7-10)14-6-2-5-12(15)9-14/h1,3-4,7,12,15H,2,5-6,9H2. The molecule has 78 valence electrons. The summed E-state index contributed by atoms with van der Waals surface area (Å²) >= 11 is 0. The molecule has 0 bridgehead atoms. The minimum Gasteiger partial charge on any atom is -0.391 e. The highest BCUT2D eigenvalue weighted by atomic mass is 16.3. The second kappa shape index (κ2) is 4.33. The fourth-order valence-corrected chi connectivity index (χ4v) is 1.96. The molecule has 1 fully saturated rings. The van der Waals surface area contributed by atoms with E-state index in [1.165, 1.54) is 0 Å². The number of β-amino-alcohol motifs (C(OH)–C–C–N with tert-alkyl or cyclic N) is 1. The number of hydrogen-bond acceptors (Lipinski definition) is 3. The van der Waals surface area contributed by atoms with Gasteiger partial charge in [0, 0.05) is 18.8 Å². The van der Waals surface area contributed by atoms with E-state index in [0.717, 1.165) is 25.1 Å². The number of nitrogens with zero attached hydrogens (tertiary/aromatic N) is 2. The second-order valence-electron chi connectivity index (χ2n) is 3.90. The average molecular weight is 202 g/mol. The third-order valence-corrected chi connectivity index (χ3v) is 2.74. The van der Waals surface area contributed by atoms with Gasteiger partial charge in [-0.1, -0.05) is 6.07 Å². The van der Waals surface area contributed by atoms with Gasteiger partial charge < -0.3 is 10.0 Å². The maximum absolute atomic E-state index is 9.56. The van der Waals surface area contributed by atoms with Gasteiger partial charge in [-0.2, -0.15) is 5.26 Å². The van der Waals surface area contributed by atoms with Gasteiger partial charge in [0.05, 0.1) is 17.7 Å². The summed E-state index contributed by atoms with van der Waals surface area (Å²) in [7, 11) is 0. The molecule has 1 unspecified atom stereocenters. The normalized spacial score (nSPS) is 21.1. The molecule has 1 aliphatic heterocycles. The fraction of sp³-hybridized carbons (Fsp3) is 0.417. The summed E-state index contributed by atoms with van der Waals surface area (Å²) in [5.41, 5.74) is 1.71. The molecule has 1 N–H and O–H groups in total. The lowest BCUT2D eigenvalue weighted by molar-refractivity contribution is 0.154. The van der Waals surface area contributed by atoms with Crippen LogP contribution in [0.4, 0.5) is 5.69 Å². The Morgan fingerprint density at radius 3 is 3.07 bits per heavy atom. The van der Waals surface area contributed by atoms with Crippen LogP contribution in [0.5, 0.6) is 0 Å². The topological polar surface area (TPSA) is 47.3 Å². The Kier molecular flexibility index (Phi) is 2.89. The maximum atomic E-state index is 9.56. The van der Waals surface area contributed by atoms with Crippen LogP contribution in [-0.2, 0) is 0 Å². The zero-order valence-electron chi connectivity index (χ0n) is 8.56. The van der Waals surface area contributed by atoms with Crippen LogP contribution in [-0.4, -0.2) is 24.3 Å². The molecule has 0 aliphatic carbocycles. The van der Waals surface area contributed by atoms with Crippen molar-refractivity contribution < 1.29 is 5.11 Å². The Balaban J connectivity index is 2.18. The van der Waals surface area contributed by atoms with Crippen LogP contribution >= 0.6 is 0 Å². The van der Waals surface area contributed by atoms with Crippen LogP contribution < -0.4 is 4.90 Å². The largest absolute Gasteiger partial charge is 0.391 e. The number of rotatable bonds is 1. The van der Waals surface area contributed by atoms with Crippen molar-refractivity contribution in [3.05, 3.63) is 29.8 Å². The van der Waals surface area contributed by atoms with E-state index < -0.39 is 0 Å². The summed E-state index contributed by atoms with van der Waals surface area (Å²) < 4.78 is 0. The summed E-state index contributed by atoms with van der Waals surface area (Å²) in [4.78, 5) is 2.13.